The first kappa shape index (κ1) is 15.5. The highest BCUT2D eigenvalue weighted by atomic mass is 32.2. The lowest BCUT2D eigenvalue weighted by atomic mass is 10.2. The van der Waals surface area contributed by atoms with E-state index in [4.69, 9.17) is 4.74 Å². The van der Waals surface area contributed by atoms with Crippen LogP contribution >= 0.6 is 23.1 Å². The summed E-state index contributed by atoms with van der Waals surface area (Å²) in [6.07, 6.45) is 2.85. The highest BCUT2D eigenvalue weighted by Crippen LogP contribution is 2.30. The van der Waals surface area contributed by atoms with Gasteiger partial charge in [0.2, 0.25) is 5.13 Å². The number of thioether (sulfide) groups is 1. The fraction of sp³-hybridized carbons (Fsp3) is 0.857. The van der Waals surface area contributed by atoms with E-state index in [1.165, 1.54) is 19.4 Å². The molecule has 0 aromatic carbocycles. The molecule has 3 rings (SSSR count). The van der Waals surface area contributed by atoms with Crippen LogP contribution in [0.15, 0.2) is 4.34 Å². The van der Waals surface area contributed by atoms with Crippen LogP contribution in [0.4, 0.5) is 5.13 Å². The van der Waals surface area contributed by atoms with Crippen LogP contribution in [0.1, 0.15) is 26.7 Å². The summed E-state index contributed by atoms with van der Waals surface area (Å²) in [4.78, 5) is 2.51. The van der Waals surface area contributed by atoms with Gasteiger partial charge < -0.3 is 10.1 Å². The summed E-state index contributed by atoms with van der Waals surface area (Å²) in [5.41, 5.74) is 0. The van der Waals surface area contributed by atoms with Crippen LogP contribution in [0.25, 0.3) is 0 Å². The van der Waals surface area contributed by atoms with Gasteiger partial charge in [-0.25, -0.2) is 0 Å². The maximum atomic E-state index is 5.87. The van der Waals surface area contributed by atoms with Crippen LogP contribution in [0.5, 0.6) is 0 Å². The lowest BCUT2D eigenvalue weighted by Crippen LogP contribution is -2.44. The Balaban J connectivity index is 1.42. The van der Waals surface area contributed by atoms with Gasteiger partial charge in [0.1, 0.15) is 0 Å². The molecule has 0 bridgehead atoms. The Labute approximate surface area is 134 Å². The molecule has 2 heterocycles. The van der Waals surface area contributed by atoms with Gasteiger partial charge in [-0.2, -0.15) is 0 Å². The molecule has 118 valence electrons. The molecule has 21 heavy (non-hydrogen) atoms. The molecule has 0 unspecified atom stereocenters. The molecular weight excluding hydrogens is 304 g/mol. The summed E-state index contributed by atoms with van der Waals surface area (Å²) in [6.45, 7) is 8.66. The molecule has 1 atom stereocenters. The quantitative estimate of drug-likeness (QED) is 0.776. The Bertz CT molecular complexity index is 450. The van der Waals surface area contributed by atoms with Gasteiger partial charge in [-0.3, -0.25) is 4.90 Å². The SMILES string of the molecule is CC(C)CN1CCO[C@H](CSc2nnc(NC3CC3)s2)C1. The molecule has 1 aliphatic heterocycles. The van der Waals surface area contributed by atoms with E-state index in [2.05, 4.69) is 34.3 Å². The number of hydrogen-bond donors (Lipinski definition) is 1. The fourth-order valence-corrected chi connectivity index (χ4v) is 4.32. The van der Waals surface area contributed by atoms with E-state index < -0.39 is 0 Å². The van der Waals surface area contributed by atoms with Crippen LogP contribution < -0.4 is 5.32 Å². The molecule has 5 nitrogen and oxygen atoms in total. The van der Waals surface area contributed by atoms with E-state index in [-0.39, 0.29) is 0 Å². The Morgan fingerprint density at radius 1 is 1.43 bits per heavy atom. The molecule has 0 radical (unpaired) electrons. The number of aromatic nitrogens is 2. The molecule has 1 saturated heterocycles. The zero-order chi connectivity index (χ0) is 14.7. The Hall–Kier alpha value is -0.370. The topological polar surface area (TPSA) is 50.3 Å². The maximum absolute atomic E-state index is 5.87. The predicted octanol–water partition coefficient (Wildman–Crippen LogP) is 2.56. The first-order valence-electron chi connectivity index (χ1n) is 7.76. The Morgan fingerprint density at radius 2 is 2.29 bits per heavy atom. The Morgan fingerprint density at radius 3 is 3.05 bits per heavy atom. The standard InChI is InChI=1S/C14H24N4OS2/c1-10(2)7-18-5-6-19-12(8-18)9-20-14-17-16-13(21-14)15-11-3-4-11/h10-12H,3-9H2,1-2H3,(H,15,16)/t12-/m0/s1. The van der Waals surface area contributed by atoms with Crippen molar-refractivity contribution in [1.82, 2.24) is 15.1 Å². The summed E-state index contributed by atoms with van der Waals surface area (Å²) in [7, 11) is 0. The van der Waals surface area contributed by atoms with E-state index in [9.17, 15) is 0 Å². The van der Waals surface area contributed by atoms with Crippen molar-refractivity contribution in [2.24, 2.45) is 5.92 Å². The van der Waals surface area contributed by atoms with Crippen LogP contribution in [0.3, 0.4) is 0 Å². The first-order chi connectivity index (χ1) is 10.2. The molecule has 0 amide bonds. The predicted molar refractivity (Wildman–Crippen MR) is 88.3 cm³/mol. The van der Waals surface area contributed by atoms with Crippen molar-refractivity contribution in [2.45, 2.75) is 43.2 Å². The number of hydrogen-bond acceptors (Lipinski definition) is 7. The molecule has 1 aromatic rings. The molecule has 2 fully saturated rings. The van der Waals surface area contributed by atoms with Gasteiger partial charge in [0.15, 0.2) is 4.34 Å². The van der Waals surface area contributed by atoms with Crippen LogP contribution in [-0.4, -0.2) is 59.2 Å². The van der Waals surface area contributed by atoms with Gasteiger partial charge in [-0.1, -0.05) is 36.9 Å². The van der Waals surface area contributed by atoms with E-state index >= 15 is 0 Å². The zero-order valence-electron chi connectivity index (χ0n) is 12.7. The minimum absolute atomic E-state index is 0.311. The zero-order valence-corrected chi connectivity index (χ0v) is 14.4. The summed E-state index contributed by atoms with van der Waals surface area (Å²) in [6, 6.07) is 0.641. The molecule has 1 aromatic heterocycles. The average molecular weight is 329 g/mol. The highest BCUT2D eigenvalue weighted by Gasteiger charge is 2.24. The van der Waals surface area contributed by atoms with Crippen molar-refractivity contribution in [3.8, 4) is 0 Å². The average Bonchev–Trinajstić information content (AvgIpc) is 3.13. The largest absolute Gasteiger partial charge is 0.375 e. The molecule has 1 aliphatic carbocycles. The number of rotatable bonds is 7. The summed E-state index contributed by atoms with van der Waals surface area (Å²) in [5.74, 6) is 1.68. The van der Waals surface area contributed by atoms with E-state index in [1.54, 1.807) is 23.1 Å². The minimum atomic E-state index is 0.311. The molecule has 1 N–H and O–H groups in total. The van der Waals surface area contributed by atoms with Gasteiger partial charge in [0.25, 0.3) is 0 Å². The molecule has 0 spiro atoms. The number of nitrogens with zero attached hydrogens (tertiary/aromatic N) is 3. The van der Waals surface area contributed by atoms with Gasteiger partial charge in [0.05, 0.1) is 12.7 Å². The number of ether oxygens (including phenoxy) is 1. The van der Waals surface area contributed by atoms with Gasteiger partial charge >= 0.3 is 0 Å². The molecule has 1 saturated carbocycles. The lowest BCUT2D eigenvalue weighted by molar-refractivity contribution is -0.0191. The summed E-state index contributed by atoms with van der Waals surface area (Å²) in [5, 5.41) is 12.8. The van der Waals surface area contributed by atoms with Crippen LogP contribution in [0, 0.1) is 5.92 Å². The number of nitrogens with one attached hydrogen (secondary N) is 1. The maximum Gasteiger partial charge on any atom is 0.206 e. The lowest BCUT2D eigenvalue weighted by Gasteiger charge is -2.33. The van der Waals surface area contributed by atoms with Crippen molar-refractivity contribution in [3.05, 3.63) is 0 Å². The van der Waals surface area contributed by atoms with Gasteiger partial charge in [0, 0.05) is 31.4 Å². The minimum Gasteiger partial charge on any atom is -0.375 e. The van der Waals surface area contributed by atoms with Crippen LogP contribution in [0.2, 0.25) is 0 Å². The summed E-state index contributed by atoms with van der Waals surface area (Å²) >= 11 is 3.43. The van der Waals surface area contributed by atoms with Crippen molar-refractivity contribution < 1.29 is 4.74 Å². The second-order valence-electron chi connectivity index (χ2n) is 6.25. The van der Waals surface area contributed by atoms with E-state index in [1.807, 2.05) is 0 Å². The second kappa shape index (κ2) is 7.26. The van der Waals surface area contributed by atoms with E-state index in [0.29, 0.717) is 12.1 Å². The third-order valence-corrected chi connectivity index (χ3v) is 5.67. The smallest absolute Gasteiger partial charge is 0.206 e. The number of anilines is 1. The third kappa shape index (κ3) is 5.09. The summed E-state index contributed by atoms with van der Waals surface area (Å²) < 4.78 is 6.92. The van der Waals surface area contributed by atoms with Crippen molar-refractivity contribution >= 4 is 28.2 Å². The van der Waals surface area contributed by atoms with Crippen molar-refractivity contribution in [2.75, 3.05) is 37.3 Å². The monoisotopic (exact) mass is 328 g/mol. The van der Waals surface area contributed by atoms with Gasteiger partial charge in [-0.15, -0.1) is 10.2 Å². The molecule has 7 heteroatoms. The first-order valence-corrected chi connectivity index (χ1v) is 9.56. The van der Waals surface area contributed by atoms with Gasteiger partial charge in [-0.05, 0) is 18.8 Å². The van der Waals surface area contributed by atoms with Crippen molar-refractivity contribution in [1.29, 1.82) is 0 Å². The third-order valence-electron chi connectivity index (χ3n) is 3.55. The van der Waals surface area contributed by atoms with Crippen molar-refractivity contribution in [3.63, 3.8) is 0 Å². The Kier molecular flexibility index (Phi) is 5.37. The normalized spacial score (nSPS) is 23.7. The number of morpholine rings is 1. The molecule has 2 aliphatic rings. The fourth-order valence-electron chi connectivity index (χ4n) is 2.46. The van der Waals surface area contributed by atoms with E-state index in [0.717, 1.165) is 40.8 Å². The highest BCUT2D eigenvalue weighted by molar-refractivity contribution is 8.01. The van der Waals surface area contributed by atoms with Crippen LogP contribution in [-0.2, 0) is 4.74 Å². The second-order valence-corrected chi connectivity index (χ2v) is 8.49. The molecular formula is C14H24N4OS2.